The molecule has 29 heavy (non-hydrogen) atoms. The van der Waals surface area contributed by atoms with Gasteiger partial charge >= 0.3 is 6.03 Å². The lowest BCUT2D eigenvalue weighted by atomic mass is 9.95. The molecule has 0 aliphatic carbocycles. The summed E-state index contributed by atoms with van der Waals surface area (Å²) in [5, 5.41) is 0. The van der Waals surface area contributed by atoms with Crippen LogP contribution in [0.15, 0.2) is 18.2 Å². The van der Waals surface area contributed by atoms with Gasteiger partial charge in [0.05, 0.1) is 7.11 Å². The van der Waals surface area contributed by atoms with Crippen molar-refractivity contribution in [3.63, 3.8) is 0 Å². The molecule has 1 aromatic carbocycles. The van der Waals surface area contributed by atoms with E-state index in [2.05, 4.69) is 4.90 Å². The lowest BCUT2D eigenvalue weighted by molar-refractivity contribution is -0.138. The SMILES string of the molecule is COc1ccc(F)cc1CN1CCN(C(=O)C2CCN(C(=O)N(C)C)CC2)CC1. The third-order valence-corrected chi connectivity index (χ3v) is 5.82. The van der Waals surface area contributed by atoms with Crippen LogP contribution in [0.4, 0.5) is 9.18 Å². The summed E-state index contributed by atoms with van der Waals surface area (Å²) in [6, 6.07) is 4.57. The molecular formula is C21H31FN4O3. The summed E-state index contributed by atoms with van der Waals surface area (Å²) in [5.41, 5.74) is 0.824. The number of piperidine rings is 1. The Morgan fingerprint density at radius 2 is 1.72 bits per heavy atom. The van der Waals surface area contributed by atoms with E-state index in [0.29, 0.717) is 38.5 Å². The molecule has 2 fully saturated rings. The topological polar surface area (TPSA) is 56.3 Å². The summed E-state index contributed by atoms with van der Waals surface area (Å²) in [4.78, 5) is 32.5. The maximum absolute atomic E-state index is 13.6. The van der Waals surface area contributed by atoms with Crippen LogP contribution in [0.25, 0.3) is 0 Å². The fourth-order valence-electron chi connectivity index (χ4n) is 4.10. The van der Waals surface area contributed by atoms with Gasteiger partial charge in [0.15, 0.2) is 0 Å². The molecule has 0 bridgehead atoms. The molecule has 2 heterocycles. The van der Waals surface area contributed by atoms with Crippen LogP contribution in [0.1, 0.15) is 18.4 Å². The quantitative estimate of drug-likeness (QED) is 0.766. The van der Waals surface area contributed by atoms with Crippen LogP contribution in [-0.2, 0) is 11.3 Å². The number of amides is 3. The van der Waals surface area contributed by atoms with Gasteiger partial charge < -0.3 is 19.4 Å². The number of piperazine rings is 1. The second kappa shape index (κ2) is 9.43. The van der Waals surface area contributed by atoms with Gasteiger partial charge in [0.1, 0.15) is 11.6 Å². The number of carbonyl (C=O) groups excluding carboxylic acids is 2. The van der Waals surface area contributed by atoms with Crippen molar-refractivity contribution in [2.75, 3.05) is 60.5 Å². The maximum Gasteiger partial charge on any atom is 0.319 e. The zero-order chi connectivity index (χ0) is 21.0. The fourth-order valence-corrected chi connectivity index (χ4v) is 4.10. The molecule has 3 amide bonds. The summed E-state index contributed by atoms with van der Waals surface area (Å²) in [5.74, 6) is 0.610. The number of halogens is 1. The minimum absolute atomic E-state index is 0.00363. The minimum atomic E-state index is -0.270. The molecule has 8 heteroatoms. The summed E-state index contributed by atoms with van der Waals surface area (Å²) in [6.07, 6.45) is 1.44. The molecule has 0 aromatic heterocycles. The number of benzene rings is 1. The summed E-state index contributed by atoms with van der Waals surface area (Å²) in [7, 11) is 5.09. The van der Waals surface area contributed by atoms with E-state index in [1.807, 2.05) is 9.80 Å². The second-order valence-corrected chi connectivity index (χ2v) is 8.00. The van der Waals surface area contributed by atoms with Gasteiger partial charge in [-0.25, -0.2) is 9.18 Å². The summed E-state index contributed by atoms with van der Waals surface area (Å²) < 4.78 is 18.9. The Labute approximate surface area is 172 Å². The van der Waals surface area contributed by atoms with E-state index >= 15 is 0 Å². The van der Waals surface area contributed by atoms with Crippen molar-refractivity contribution in [3.05, 3.63) is 29.6 Å². The van der Waals surface area contributed by atoms with Gasteiger partial charge in [-0.1, -0.05) is 0 Å². The first-order valence-electron chi connectivity index (χ1n) is 10.2. The first kappa shape index (κ1) is 21.4. The van der Waals surface area contributed by atoms with E-state index in [-0.39, 0.29) is 23.7 Å². The second-order valence-electron chi connectivity index (χ2n) is 8.00. The molecule has 0 N–H and O–H groups in total. The largest absolute Gasteiger partial charge is 0.496 e. The van der Waals surface area contributed by atoms with Crippen molar-refractivity contribution in [1.29, 1.82) is 0 Å². The van der Waals surface area contributed by atoms with Crippen LogP contribution in [0, 0.1) is 11.7 Å². The Morgan fingerprint density at radius 3 is 2.31 bits per heavy atom. The standard InChI is InChI=1S/C21H31FN4O3/c1-23(2)21(28)26-8-6-16(7-9-26)20(27)25-12-10-24(11-13-25)15-17-14-18(22)4-5-19(17)29-3/h4-5,14,16H,6-13,15H2,1-3H3. The number of hydrogen-bond donors (Lipinski definition) is 0. The predicted octanol–water partition coefficient (Wildman–Crippen LogP) is 1.87. The van der Waals surface area contributed by atoms with Crippen molar-refractivity contribution < 1.29 is 18.7 Å². The van der Waals surface area contributed by atoms with Gasteiger partial charge in [-0.3, -0.25) is 9.69 Å². The smallest absolute Gasteiger partial charge is 0.319 e. The number of hydrogen-bond acceptors (Lipinski definition) is 4. The molecular weight excluding hydrogens is 375 g/mol. The van der Waals surface area contributed by atoms with E-state index in [4.69, 9.17) is 4.74 Å². The van der Waals surface area contributed by atoms with Gasteiger partial charge in [0, 0.05) is 71.4 Å². The molecule has 7 nitrogen and oxygen atoms in total. The van der Waals surface area contributed by atoms with Crippen molar-refractivity contribution in [1.82, 2.24) is 19.6 Å². The summed E-state index contributed by atoms with van der Waals surface area (Å²) >= 11 is 0. The Morgan fingerprint density at radius 1 is 1.07 bits per heavy atom. The van der Waals surface area contributed by atoms with Gasteiger partial charge in [-0.15, -0.1) is 0 Å². The van der Waals surface area contributed by atoms with Gasteiger partial charge in [-0.2, -0.15) is 0 Å². The highest BCUT2D eigenvalue weighted by molar-refractivity contribution is 5.80. The molecule has 0 atom stereocenters. The van der Waals surface area contributed by atoms with E-state index in [1.54, 1.807) is 32.2 Å². The van der Waals surface area contributed by atoms with Crippen molar-refractivity contribution in [2.24, 2.45) is 5.92 Å². The van der Waals surface area contributed by atoms with E-state index in [1.165, 1.54) is 12.1 Å². The number of likely N-dealkylation sites (tertiary alicyclic amines) is 1. The van der Waals surface area contributed by atoms with Gasteiger partial charge in [0.25, 0.3) is 0 Å². The minimum Gasteiger partial charge on any atom is -0.496 e. The summed E-state index contributed by atoms with van der Waals surface area (Å²) in [6.45, 7) is 4.72. The molecule has 3 rings (SSSR count). The molecule has 0 unspecified atom stereocenters. The van der Waals surface area contributed by atoms with Crippen LogP contribution in [0.5, 0.6) is 5.75 Å². The Balaban J connectivity index is 1.48. The van der Waals surface area contributed by atoms with E-state index in [9.17, 15) is 14.0 Å². The van der Waals surface area contributed by atoms with Crippen LogP contribution in [0.2, 0.25) is 0 Å². The molecule has 0 saturated carbocycles. The molecule has 2 aliphatic rings. The molecule has 0 spiro atoms. The third kappa shape index (κ3) is 5.18. The zero-order valence-corrected chi connectivity index (χ0v) is 17.6. The number of nitrogens with zero attached hydrogens (tertiary/aromatic N) is 4. The zero-order valence-electron chi connectivity index (χ0n) is 17.6. The Kier molecular flexibility index (Phi) is 6.95. The number of ether oxygens (including phenoxy) is 1. The van der Waals surface area contributed by atoms with Crippen molar-refractivity contribution >= 4 is 11.9 Å². The highest BCUT2D eigenvalue weighted by atomic mass is 19.1. The van der Waals surface area contributed by atoms with Gasteiger partial charge in [-0.05, 0) is 31.0 Å². The van der Waals surface area contributed by atoms with Crippen LogP contribution >= 0.6 is 0 Å². The first-order chi connectivity index (χ1) is 13.9. The average Bonchev–Trinajstić information content (AvgIpc) is 2.73. The number of rotatable bonds is 4. The predicted molar refractivity (Wildman–Crippen MR) is 108 cm³/mol. The lowest BCUT2D eigenvalue weighted by Crippen LogP contribution is -2.52. The number of methoxy groups -OCH3 is 1. The molecule has 0 radical (unpaired) electrons. The first-order valence-corrected chi connectivity index (χ1v) is 10.2. The third-order valence-electron chi connectivity index (χ3n) is 5.82. The maximum atomic E-state index is 13.6. The Bertz CT molecular complexity index is 727. The lowest BCUT2D eigenvalue weighted by Gasteiger charge is -2.39. The van der Waals surface area contributed by atoms with Crippen LogP contribution in [-0.4, -0.2) is 92.0 Å². The number of carbonyl (C=O) groups is 2. The van der Waals surface area contributed by atoms with Crippen LogP contribution in [0.3, 0.4) is 0 Å². The highest BCUT2D eigenvalue weighted by Crippen LogP contribution is 2.24. The molecule has 1 aromatic rings. The molecule has 160 valence electrons. The fraction of sp³-hybridized carbons (Fsp3) is 0.619. The van der Waals surface area contributed by atoms with Gasteiger partial charge in [0.2, 0.25) is 5.91 Å². The highest BCUT2D eigenvalue weighted by Gasteiger charge is 2.32. The Hall–Kier alpha value is -2.35. The average molecular weight is 407 g/mol. The van der Waals surface area contributed by atoms with Crippen molar-refractivity contribution in [2.45, 2.75) is 19.4 Å². The monoisotopic (exact) mass is 406 g/mol. The number of urea groups is 1. The molecule has 2 aliphatic heterocycles. The normalized spacial score (nSPS) is 18.6. The molecule has 2 saturated heterocycles. The van der Waals surface area contributed by atoms with E-state index < -0.39 is 0 Å². The van der Waals surface area contributed by atoms with Crippen LogP contribution < -0.4 is 4.74 Å². The van der Waals surface area contributed by atoms with Crippen molar-refractivity contribution in [3.8, 4) is 5.75 Å². The van der Waals surface area contributed by atoms with E-state index in [0.717, 1.165) is 31.5 Å².